The van der Waals surface area contributed by atoms with Gasteiger partial charge >= 0.3 is 0 Å². The first-order valence-electron chi connectivity index (χ1n) is 35.3. The molecule has 1 unspecified atom stereocenters. The van der Waals surface area contributed by atoms with Crippen LogP contribution >= 0.6 is 0 Å². The lowest BCUT2D eigenvalue weighted by atomic mass is 9.93. The summed E-state index contributed by atoms with van der Waals surface area (Å²) in [6, 6.07) is -7.46. The van der Waals surface area contributed by atoms with Gasteiger partial charge in [-0.25, -0.2) is 0 Å². The summed E-state index contributed by atoms with van der Waals surface area (Å²) in [5, 5.41) is 266. The third-order valence-corrected chi connectivity index (χ3v) is 20.3. The van der Waals surface area contributed by atoms with E-state index in [4.69, 9.17) is 80.5 Å². The van der Waals surface area contributed by atoms with Gasteiger partial charge in [0.1, 0.15) is 207 Å². The standard InChI is InChI=1S/C62H104N4O44/c1-14-31(77)39(85)44(90)59(95-14)107-50-29(65-18(5)75)54(93)97-24(11-71)48(50)105-56-28(64-17(4)74)38(84)47(23(10-70)101-56)104-61-46(92)52(36(82)26(103-61)13-94-58-43(89)41(87)34(80)21(8-68)99-58)109-62-53(42(88)35(81)22(9-69)100-62)110-57-30(66-19(6)76)51(108-60-45(91)40(86)32(78)15(2)96-60)49(25(12-72)102-57)106-55-27(63-16(3)73)37(83)33(79)20(7-67)98-55/h14-15,20-62,67-72,77-93H,7-13H2,1-6H3,(H,63,73)(H,64,74)(H,65,75)(H,66,76)/t14-,15-,20-,21+,22+,23-,24-,25-,26+,27-,28-,29-,30-,31+,32+,33-,34+,35+,36+,37-,38-,39+,40+,41-,42-,43-,44-,45-,46-,47-,48-,49-,50-,51-,52-,53-,54?,55+,56+,57+,58-,59-,60-,61-,62+/m1/s1. The molecule has 0 spiro atoms. The Hall–Kier alpha value is -3.72. The van der Waals surface area contributed by atoms with Crippen LogP contribution in [0.25, 0.3) is 0 Å². The Morgan fingerprint density at radius 2 is 0.573 bits per heavy atom. The molecule has 0 bridgehead atoms. The van der Waals surface area contributed by atoms with Gasteiger partial charge in [0.05, 0.1) is 58.5 Å². The monoisotopic (exact) mass is 1610 g/mol. The minimum atomic E-state index is -2.55. The average molecular weight is 1610 g/mol. The highest BCUT2D eigenvalue weighted by Gasteiger charge is 2.62. The first kappa shape index (κ1) is 90.2. The summed E-state index contributed by atoms with van der Waals surface area (Å²) in [5.74, 6) is -3.63. The first-order chi connectivity index (χ1) is 51.9. The van der Waals surface area contributed by atoms with Crippen LogP contribution in [0.2, 0.25) is 0 Å². The largest absolute Gasteiger partial charge is 0.394 e. The van der Waals surface area contributed by atoms with Crippen molar-refractivity contribution in [2.24, 2.45) is 0 Å². The molecule has 0 aromatic rings. The van der Waals surface area contributed by atoms with Crippen molar-refractivity contribution in [2.45, 2.75) is 318 Å². The van der Waals surface area contributed by atoms with Gasteiger partial charge in [0.15, 0.2) is 56.6 Å². The van der Waals surface area contributed by atoms with Crippen molar-refractivity contribution in [3.63, 3.8) is 0 Å². The van der Waals surface area contributed by atoms with Crippen molar-refractivity contribution in [1.82, 2.24) is 21.3 Å². The molecular formula is C62H104N4O44. The van der Waals surface area contributed by atoms with Gasteiger partial charge in [0.2, 0.25) is 23.6 Å². The Bertz CT molecular complexity index is 2930. The van der Waals surface area contributed by atoms with Gasteiger partial charge in [-0.1, -0.05) is 0 Å². The van der Waals surface area contributed by atoms with E-state index in [1.807, 2.05) is 0 Å². The number of amides is 4. The van der Waals surface area contributed by atoms with E-state index in [0.717, 1.165) is 27.7 Å². The summed E-state index contributed by atoms with van der Waals surface area (Å²) >= 11 is 0. The van der Waals surface area contributed by atoms with Gasteiger partial charge in [-0.05, 0) is 13.8 Å². The van der Waals surface area contributed by atoms with Crippen molar-refractivity contribution in [1.29, 1.82) is 0 Å². The molecular weight excluding hydrogens is 1500 g/mol. The number of aliphatic hydroxyl groups excluding tert-OH is 23. The Labute approximate surface area is 624 Å². The van der Waals surface area contributed by atoms with E-state index >= 15 is 0 Å². The molecule has 9 aliphatic rings. The molecule has 0 radical (unpaired) electrons. The summed E-state index contributed by atoms with van der Waals surface area (Å²) in [6.45, 7) is -1.27. The molecule has 0 aliphatic carbocycles. The first-order valence-corrected chi connectivity index (χ1v) is 35.3. The molecule has 9 rings (SSSR count). The second kappa shape index (κ2) is 39.0. The molecule has 0 aromatic carbocycles. The summed E-state index contributed by atoms with van der Waals surface area (Å²) in [5.41, 5.74) is 0. The van der Waals surface area contributed by atoms with Crippen LogP contribution in [0, 0.1) is 0 Å². The number of ether oxygens (including phenoxy) is 17. The quantitative estimate of drug-likeness (QED) is 0.0363. The molecule has 9 fully saturated rings. The number of carbonyl (C=O) groups excluding carboxylic acids is 4. The van der Waals surface area contributed by atoms with Crippen molar-refractivity contribution in [3.05, 3.63) is 0 Å². The third-order valence-electron chi connectivity index (χ3n) is 20.3. The molecule has 9 saturated heterocycles. The highest BCUT2D eigenvalue weighted by Crippen LogP contribution is 2.41. The zero-order chi connectivity index (χ0) is 81.1. The van der Waals surface area contributed by atoms with Gasteiger partial charge in [0, 0.05) is 27.7 Å². The van der Waals surface area contributed by atoms with Gasteiger partial charge < -0.3 is 219 Å². The third kappa shape index (κ3) is 19.8. The average Bonchev–Trinajstić information content (AvgIpc) is 0.762. The van der Waals surface area contributed by atoms with Gasteiger partial charge in [0.25, 0.3) is 0 Å². The molecule has 27 N–H and O–H groups in total. The molecule has 4 amide bonds. The van der Waals surface area contributed by atoms with Crippen molar-refractivity contribution < 1.29 is 217 Å². The summed E-state index contributed by atoms with van der Waals surface area (Å²) in [7, 11) is 0. The van der Waals surface area contributed by atoms with Gasteiger partial charge in [-0.2, -0.15) is 0 Å². The highest BCUT2D eigenvalue weighted by atomic mass is 16.8. The number of hydrogen-bond acceptors (Lipinski definition) is 44. The summed E-state index contributed by atoms with van der Waals surface area (Å²) in [4.78, 5) is 51.9. The van der Waals surface area contributed by atoms with Crippen molar-refractivity contribution in [2.75, 3.05) is 46.2 Å². The zero-order valence-electron chi connectivity index (χ0n) is 59.8. The molecule has 9 heterocycles. The lowest BCUT2D eigenvalue weighted by Crippen LogP contribution is -2.72. The topological polar surface area (TPSA) is 739 Å². The van der Waals surface area contributed by atoms with Crippen LogP contribution in [-0.4, -0.2) is 463 Å². The van der Waals surface area contributed by atoms with Crippen molar-refractivity contribution in [3.8, 4) is 0 Å². The number of rotatable bonds is 27. The molecule has 636 valence electrons. The number of hydrogen-bond donors (Lipinski definition) is 27. The van der Waals surface area contributed by atoms with E-state index in [1.54, 1.807) is 0 Å². The van der Waals surface area contributed by atoms with E-state index in [2.05, 4.69) is 21.3 Å². The fraction of sp³-hybridized carbons (Fsp3) is 0.935. The lowest BCUT2D eigenvalue weighted by Gasteiger charge is -2.52. The van der Waals surface area contributed by atoms with Gasteiger partial charge in [-0.3, -0.25) is 19.2 Å². The van der Waals surface area contributed by atoms with E-state index in [9.17, 15) is 137 Å². The highest BCUT2D eigenvalue weighted by molar-refractivity contribution is 5.74. The Morgan fingerprint density at radius 1 is 0.255 bits per heavy atom. The predicted octanol–water partition coefficient (Wildman–Crippen LogP) is -18.0. The molecule has 0 aromatic heterocycles. The maximum Gasteiger partial charge on any atom is 0.217 e. The summed E-state index contributed by atoms with van der Waals surface area (Å²) in [6.07, 6.45) is -82.9. The predicted molar refractivity (Wildman–Crippen MR) is 341 cm³/mol. The number of carbonyl (C=O) groups is 4. The van der Waals surface area contributed by atoms with Gasteiger partial charge in [-0.15, -0.1) is 0 Å². The van der Waals surface area contributed by atoms with Crippen LogP contribution in [0.4, 0.5) is 0 Å². The number of aliphatic hydroxyl groups is 23. The van der Waals surface area contributed by atoms with E-state index < -0.39 is 346 Å². The second-order valence-electron chi connectivity index (χ2n) is 28.1. The molecule has 48 nitrogen and oxygen atoms in total. The Morgan fingerprint density at radius 3 is 1.05 bits per heavy atom. The van der Waals surface area contributed by atoms with Crippen molar-refractivity contribution >= 4 is 23.6 Å². The number of nitrogens with one attached hydrogen (secondary N) is 4. The van der Waals surface area contributed by atoms with E-state index in [-0.39, 0.29) is 0 Å². The molecule has 45 atom stereocenters. The Balaban J connectivity index is 1.07. The molecule has 48 heteroatoms. The minimum Gasteiger partial charge on any atom is -0.394 e. The second-order valence-corrected chi connectivity index (χ2v) is 28.1. The Kier molecular flexibility index (Phi) is 32.0. The zero-order valence-corrected chi connectivity index (χ0v) is 59.8. The molecule has 110 heavy (non-hydrogen) atoms. The minimum absolute atomic E-state index is 0.835. The van der Waals surface area contributed by atoms with Crippen LogP contribution in [0.3, 0.4) is 0 Å². The lowest BCUT2D eigenvalue weighted by molar-refractivity contribution is -0.401. The fourth-order valence-corrected chi connectivity index (χ4v) is 14.3. The molecule has 0 saturated carbocycles. The maximum atomic E-state index is 13.5. The SMILES string of the molecule is CC(=O)N[C@H]1[C@H](O[C@H]2[C@H](O[C@H]3O[C@H](C)[C@H](O)[C@H](O)[C@H]3O)[C@@H](NC(C)=O)C(O)O[C@@H]2CO)O[C@H](CO)[C@@H](O[C@H]2O[C@@H](CO[C@@H]3O[C@@H](CO)[C@H](O)[C@@H](O)[C@H]3O)[C@H](O)[C@@H](O[C@@H]3O[C@@H](CO)[C@H](O)[C@@H](O)[C@H]3O[C@@H]3O[C@H](CO)[C@@H](O[C@@H]4O[C@H](CO)[C@@H](O)[C@H](O)[C@H]4NC(C)=O)[C@H](O[C@H]4O[C@H](C)[C@H](O)[C@H](O)[C@H]4O)[C@H]3NC(C)=O)[C@H]2O)[C@@H]1O. The molecule has 9 aliphatic heterocycles. The summed E-state index contributed by atoms with van der Waals surface area (Å²) < 4.78 is 102. The van der Waals surface area contributed by atoms with E-state index in [0.29, 0.717) is 0 Å². The van der Waals surface area contributed by atoms with Crippen LogP contribution < -0.4 is 21.3 Å². The van der Waals surface area contributed by atoms with E-state index in [1.165, 1.54) is 13.8 Å². The van der Waals surface area contributed by atoms with Crippen LogP contribution in [0.1, 0.15) is 41.5 Å². The maximum absolute atomic E-state index is 13.5. The van der Waals surface area contributed by atoms with Crippen LogP contribution in [-0.2, 0) is 99.7 Å². The fourth-order valence-electron chi connectivity index (χ4n) is 14.3. The smallest absolute Gasteiger partial charge is 0.217 e. The van der Waals surface area contributed by atoms with Crippen LogP contribution in [0.5, 0.6) is 0 Å². The van der Waals surface area contributed by atoms with Crippen LogP contribution in [0.15, 0.2) is 0 Å². The normalized spacial score (nSPS) is 49.6.